The molecule has 28 heavy (non-hydrogen) atoms. The summed E-state index contributed by atoms with van der Waals surface area (Å²) >= 11 is 3.61. The average molecular weight is 439 g/mol. The van der Waals surface area contributed by atoms with Crippen molar-refractivity contribution in [3.63, 3.8) is 0 Å². The maximum absolute atomic E-state index is 12.8. The Labute approximate surface area is 173 Å². The van der Waals surface area contributed by atoms with Gasteiger partial charge in [0.1, 0.15) is 11.5 Å². The Balaban J connectivity index is 1.62. The fraction of sp³-hybridized carbons (Fsp3) is 0.273. The number of fused-ring (bicyclic) bond motifs is 1. The second-order valence-corrected chi connectivity index (χ2v) is 8.17. The third-order valence-electron chi connectivity index (χ3n) is 5.37. The van der Waals surface area contributed by atoms with Gasteiger partial charge in [0.25, 0.3) is 5.91 Å². The molecule has 0 unspecified atom stereocenters. The maximum atomic E-state index is 12.8. The predicted molar refractivity (Wildman–Crippen MR) is 116 cm³/mol. The highest BCUT2D eigenvalue weighted by molar-refractivity contribution is 9.10. The number of nitrogens with zero attached hydrogens (tertiary/aromatic N) is 3. The van der Waals surface area contributed by atoms with Crippen LogP contribution in [0.2, 0.25) is 0 Å². The van der Waals surface area contributed by atoms with E-state index in [1.807, 2.05) is 37.4 Å². The lowest BCUT2D eigenvalue weighted by atomic mass is 9.95. The van der Waals surface area contributed by atoms with Crippen LogP contribution in [0.25, 0.3) is 11.1 Å². The fourth-order valence-corrected chi connectivity index (χ4v) is 4.00. The molecule has 4 rings (SSSR count). The Kier molecular flexibility index (Phi) is 5.08. The number of hydrogen-bond acceptors (Lipinski definition) is 3. The molecule has 0 saturated carbocycles. The van der Waals surface area contributed by atoms with Gasteiger partial charge in [0.15, 0.2) is 0 Å². The van der Waals surface area contributed by atoms with Crippen molar-refractivity contribution in [3.8, 4) is 11.1 Å². The molecule has 1 aromatic heterocycles. The first-order chi connectivity index (χ1) is 13.4. The lowest BCUT2D eigenvalue weighted by Gasteiger charge is -2.22. The van der Waals surface area contributed by atoms with Crippen molar-refractivity contribution in [3.05, 3.63) is 69.7 Å². The molecule has 3 aromatic rings. The highest BCUT2D eigenvalue weighted by atomic mass is 79.9. The van der Waals surface area contributed by atoms with Crippen molar-refractivity contribution in [2.24, 2.45) is 0 Å². The molecule has 1 aliphatic heterocycles. The van der Waals surface area contributed by atoms with E-state index in [9.17, 15) is 4.79 Å². The van der Waals surface area contributed by atoms with Crippen LogP contribution in [0.3, 0.4) is 0 Å². The quantitative estimate of drug-likeness (QED) is 0.648. The molecule has 2 aromatic carbocycles. The molecule has 0 radical (unpaired) electrons. The number of nitrogens with one attached hydrogen (secondary N) is 1. The van der Waals surface area contributed by atoms with E-state index in [1.54, 1.807) is 0 Å². The Morgan fingerprint density at radius 3 is 2.57 bits per heavy atom. The van der Waals surface area contributed by atoms with Gasteiger partial charge >= 0.3 is 0 Å². The van der Waals surface area contributed by atoms with Crippen molar-refractivity contribution < 1.29 is 4.79 Å². The molecular formula is C22H23BrN4O. The number of amides is 1. The van der Waals surface area contributed by atoms with Crippen LogP contribution < -0.4 is 5.32 Å². The molecule has 0 spiro atoms. The molecule has 0 saturated heterocycles. The summed E-state index contributed by atoms with van der Waals surface area (Å²) in [6.45, 7) is 6.74. The average Bonchev–Trinajstić information content (AvgIpc) is 3.09. The molecule has 5 nitrogen and oxygen atoms in total. The number of imidazole rings is 1. The second kappa shape index (κ2) is 7.53. The van der Waals surface area contributed by atoms with Gasteiger partial charge in [-0.15, -0.1) is 0 Å². The molecule has 0 aliphatic carbocycles. The van der Waals surface area contributed by atoms with Gasteiger partial charge in [0.2, 0.25) is 0 Å². The van der Waals surface area contributed by atoms with Crippen LogP contribution in [0, 0.1) is 13.8 Å². The minimum absolute atomic E-state index is 0.171. The molecule has 2 heterocycles. The number of carbonyl (C=O) groups excluding carboxylic acids is 1. The molecule has 144 valence electrons. The summed E-state index contributed by atoms with van der Waals surface area (Å²) in [4.78, 5) is 19.6. The number of aromatic nitrogens is 2. The lowest BCUT2D eigenvalue weighted by molar-refractivity contribution is 0.102. The van der Waals surface area contributed by atoms with Crippen LogP contribution in [0.4, 0.5) is 5.69 Å². The Bertz CT molecular complexity index is 1060. The first-order valence-corrected chi connectivity index (χ1v) is 10.1. The van der Waals surface area contributed by atoms with E-state index >= 15 is 0 Å². The van der Waals surface area contributed by atoms with Gasteiger partial charge in [0.05, 0.1) is 6.54 Å². The van der Waals surface area contributed by atoms with Gasteiger partial charge in [-0.2, -0.15) is 0 Å². The molecule has 1 amide bonds. The van der Waals surface area contributed by atoms with Crippen molar-refractivity contribution in [1.29, 1.82) is 0 Å². The summed E-state index contributed by atoms with van der Waals surface area (Å²) in [5, 5.41) is 3.05. The van der Waals surface area contributed by atoms with E-state index in [0.717, 1.165) is 52.3 Å². The number of rotatable bonds is 3. The van der Waals surface area contributed by atoms with E-state index in [4.69, 9.17) is 0 Å². The van der Waals surface area contributed by atoms with E-state index in [2.05, 4.69) is 61.8 Å². The van der Waals surface area contributed by atoms with Gasteiger partial charge in [-0.05, 0) is 55.3 Å². The summed E-state index contributed by atoms with van der Waals surface area (Å²) in [5.74, 6) is 0.768. The van der Waals surface area contributed by atoms with Crippen molar-refractivity contribution in [2.45, 2.75) is 26.9 Å². The minimum Gasteiger partial charge on any atom is -0.332 e. The first kappa shape index (κ1) is 18.9. The highest BCUT2D eigenvalue weighted by Crippen LogP contribution is 2.33. The maximum Gasteiger partial charge on any atom is 0.275 e. The Hall–Kier alpha value is -2.44. The molecule has 1 N–H and O–H groups in total. The zero-order chi connectivity index (χ0) is 19.8. The summed E-state index contributed by atoms with van der Waals surface area (Å²) in [5.41, 5.74) is 5.77. The zero-order valence-electron chi connectivity index (χ0n) is 16.3. The minimum atomic E-state index is -0.171. The summed E-state index contributed by atoms with van der Waals surface area (Å²) in [6, 6.07) is 12.2. The van der Waals surface area contributed by atoms with E-state index in [0.29, 0.717) is 5.69 Å². The molecule has 6 heteroatoms. The molecule has 0 atom stereocenters. The monoisotopic (exact) mass is 438 g/mol. The van der Waals surface area contributed by atoms with E-state index in [1.165, 1.54) is 5.56 Å². The Morgan fingerprint density at radius 1 is 1.07 bits per heavy atom. The van der Waals surface area contributed by atoms with Crippen molar-refractivity contribution in [2.75, 3.05) is 18.9 Å². The summed E-state index contributed by atoms with van der Waals surface area (Å²) in [6.07, 6.45) is 1.86. The number of hydrogen-bond donors (Lipinski definition) is 1. The van der Waals surface area contributed by atoms with Crippen LogP contribution in [0.15, 0.2) is 47.1 Å². The summed E-state index contributed by atoms with van der Waals surface area (Å²) < 4.78 is 3.15. The number of halogens is 1. The zero-order valence-corrected chi connectivity index (χ0v) is 17.9. The van der Waals surface area contributed by atoms with Crippen LogP contribution in [-0.2, 0) is 13.1 Å². The Morgan fingerprint density at radius 2 is 1.79 bits per heavy atom. The van der Waals surface area contributed by atoms with E-state index < -0.39 is 0 Å². The number of carbonyl (C=O) groups is 1. The van der Waals surface area contributed by atoms with Crippen molar-refractivity contribution in [1.82, 2.24) is 14.5 Å². The third-order valence-corrected chi connectivity index (χ3v) is 6.22. The lowest BCUT2D eigenvalue weighted by Crippen LogP contribution is -2.30. The van der Waals surface area contributed by atoms with E-state index in [-0.39, 0.29) is 5.91 Å². The topological polar surface area (TPSA) is 50.2 Å². The van der Waals surface area contributed by atoms with Gasteiger partial charge in [-0.25, -0.2) is 4.98 Å². The smallest absolute Gasteiger partial charge is 0.275 e. The molecule has 0 bridgehead atoms. The first-order valence-electron chi connectivity index (χ1n) is 9.35. The van der Waals surface area contributed by atoms with Gasteiger partial charge in [-0.3, -0.25) is 9.69 Å². The second-order valence-electron chi connectivity index (χ2n) is 7.32. The predicted octanol–water partition coefficient (Wildman–Crippen LogP) is 4.63. The van der Waals surface area contributed by atoms with Crippen LogP contribution in [0.1, 0.15) is 27.4 Å². The normalized spacial score (nSPS) is 14.0. The SMILES string of the molecule is Cc1c(Br)cccc1-c1cccc(NC(=O)c2cn3c(n2)CN(C)CC3)c1C. The highest BCUT2D eigenvalue weighted by Gasteiger charge is 2.20. The van der Waals surface area contributed by atoms with Gasteiger partial charge in [0, 0.05) is 29.4 Å². The number of likely N-dealkylation sites (N-methyl/N-ethyl adjacent to an activating group) is 1. The van der Waals surface area contributed by atoms with Gasteiger partial charge < -0.3 is 9.88 Å². The number of anilines is 1. The third kappa shape index (κ3) is 3.50. The molecule has 0 fully saturated rings. The van der Waals surface area contributed by atoms with Crippen LogP contribution in [0.5, 0.6) is 0 Å². The van der Waals surface area contributed by atoms with Crippen LogP contribution in [-0.4, -0.2) is 34.0 Å². The number of benzene rings is 2. The molecule has 1 aliphatic rings. The van der Waals surface area contributed by atoms with Gasteiger partial charge in [-0.1, -0.05) is 40.2 Å². The molecular weight excluding hydrogens is 416 g/mol. The summed E-state index contributed by atoms with van der Waals surface area (Å²) in [7, 11) is 2.07. The van der Waals surface area contributed by atoms with Crippen LogP contribution >= 0.6 is 15.9 Å². The van der Waals surface area contributed by atoms with Crippen molar-refractivity contribution >= 4 is 27.5 Å². The largest absolute Gasteiger partial charge is 0.332 e. The standard InChI is InChI=1S/C22H23BrN4O/c1-14-16(6-4-8-18(14)23)17-7-5-9-19(15(17)2)25-22(28)20-12-27-11-10-26(3)13-21(27)24-20/h4-9,12H,10-11,13H2,1-3H3,(H,25,28). The fourth-order valence-electron chi connectivity index (χ4n) is 3.63.